The van der Waals surface area contributed by atoms with E-state index in [0.717, 1.165) is 6.42 Å². The maximum absolute atomic E-state index is 11.0. The molecule has 0 saturated carbocycles. The Morgan fingerprint density at radius 1 is 1.40 bits per heavy atom. The zero-order valence-electron chi connectivity index (χ0n) is 12.2. The number of benzene rings is 1. The van der Waals surface area contributed by atoms with Crippen LogP contribution < -0.4 is 9.64 Å². The van der Waals surface area contributed by atoms with Crippen LogP contribution in [-0.4, -0.2) is 35.8 Å². The van der Waals surface area contributed by atoms with Crippen LogP contribution in [-0.2, 0) is 0 Å². The van der Waals surface area contributed by atoms with E-state index in [4.69, 9.17) is 9.84 Å². The molecule has 0 unspecified atom stereocenters. The van der Waals surface area contributed by atoms with Gasteiger partial charge in [-0.3, -0.25) is 10.1 Å². The number of nitrogens with zero attached hydrogens (tertiary/aromatic N) is 2. The van der Waals surface area contributed by atoms with Gasteiger partial charge in [0.2, 0.25) is 0 Å². The van der Waals surface area contributed by atoms with E-state index in [9.17, 15) is 10.1 Å². The molecular formula is C14H22N2O4. The summed E-state index contributed by atoms with van der Waals surface area (Å²) in [7, 11) is 0. The molecule has 1 rings (SSSR count). The summed E-state index contributed by atoms with van der Waals surface area (Å²) in [5.41, 5.74) is 0.687. The number of nitro groups is 1. The SMILES string of the molecule is CCCOc1cc(N(CCO)C(C)C)cc([N+](=O)[O-])c1. The highest BCUT2D eigenvalue weighted by Gasteiger charge is 2.16. The van der Waals surface area contributed by atoms with Gasteiger partial charge in [-0.1, -0.05) is 6.92 Å². The highest BCUT2D eigenvalue weighted by atomic mass is 16.6. The molecule has 0 amide bonds. The van der Waals surface area contributed by atoms with Crippen molar-refractivity contribution in [3.05, 3.63) is 28.3 Å². The monoisotopic (exact) mass is 282 g/mol. The molecule has 0 aliphatic carbocycles. The molecule has 1 N–H and O–H groups in total. The van der Waals surface area contributed by atoms with Gasteiger partial charge < -0.3 is 14.7 Å². The number of aliphatic hydroxyl groups is 1. The summed E-state index contributed by atoms with van der Waals surface area (Å²) in [6.45, 7) is 6.85. The van der Waals surface area contributed by atoms with Gasteiger partial charge in [0.25, 0.3) is 5.69 Å². The second kappa shape index (κ2) is 7.69. The number of nitro benzene ring substituents is 1. The van der Waals surface area contributed by atoms with Crippen molar-refractivity contribution in [2.45, 2.75) is 33.2 Å². The van der Waals surface area contributed by atoms with E-state index >= 15 is 0 Å². The Morgan fingerprint density at radius 2 is 2.10 bits per heavy atom. The predicted molar refractivity (Wildman–Crippen MR) is 78.5 cm³/mol. The molecule has 0 saturated heterocycles. The Balaban J connectivity index is 3.15. The molecule has 0 fully saturated rings. The van der Waals surface area contributed by atoms with E-state index < -0.39 is 4.92 Å². The minimum Gasteiger partial charge on any atom is -0.493 e. The van der Waals surface area contributed by atoms with E-state index in [1.807, 2.05) is 25.7 Å². The second-order valence-electron chi connectivity index (χ2n) is 4.80. The lowest BCUT2D eigenvalue weighted by atomic mass is 10.2. The minimum atomic E-state index is -0.431. The van der Waals surface area contributed by atoms with Gasteiger partial charge in [-0.25, -0.2) is 0 Å². The maximum atomic E-state index is 11.0. The molecule has 6 nitrogen and oxygen atoms in total. The smallest absolute Gasteiger partial charge is 0.275 e. The number of hydrogen-bond donors (Lipinski definition) is 1. The topological polar surface area (TPSA) is 75.8 Å². The zero-order valence-corrected chi connectivity index (χ0v) is 12.2. The van der Waals surface area contributed by atoms with Crippen LogP contribution in [0.3, 0.4) is 0 Å². The fourth-order valence-corrected chi connectivity index (χ4v) is 1.94. The summed E-state index contributed by atoms with van der Waals surface area (Å²) in [6.07, 6.45) is 0.836. The first-order valence-electron chi connectivity index (χ1n) is 6.79. The lowest BCUT2D eigenvalue weighted by molar-refractivity contribution is -0.384. The number of aliphatic hydroxyl groups excluding tert-OH is 1. The normalized spacial score (nSPS) is 10.7. The molecule has 0 aliphatic heterocycles. The van der Waals surface area contributed by atoms with E-state index in [1.165, 1.54) is 12.1 Å². The molecule has 0 aliphatic rings. The molecule has 112 valence electrons. The summed E-state index contributed by atoms with van der Waals surface area (Å²) >= 11 is 0. The summed E-state index contributed by atoms with van der Waals surface area (Å²) in [6, 6.07) is 4.84. The van der Waals surface area contributed by atoms with Crippen LogP contribution in [0.2, 0.25) is 0 Å². The Hall–Kier alpha value is -1.82. The molecule has 0 aromatic heterocycles. The van der Waals surface area contributed by atoms with Gasteiger partial charge in [-0.2, -0.15) is 0 Å². The summed E-state index contributed by atoms with van der Waals surface area (Å²) in [5, 5.41) is 20.1. The first-order chi connectivity index (χ1) is 9.49. The van der Waals surface area contributed by atoms with Gasteiger partial charge in [0.05, 0.1) is 24.2 Å². The van der Waals surface area contributed by atoms with Crippen molar-refractivity contribution >= 4 is 11.4 Å². The number of ether oxygens (including phenoxy) is 1. The first kappa shape index (κ1) is 16.2. The average Bonchev–Trinajstić information content (AvgIpc) is 2.41. The lowest BCUT2D eigenvalue weighted by Gasteiger charge is -2.28. The van der Waals surface area contributed by atoms with Gasteiger partial charge >= 0.3 is 0 Å². The highest BCUT2D eigenvalue weighted by molar-refractivity contribution is 5.58. The first-order valence-corrected chi connectivity index (χ1v) is 6.79. The van der Waals surface area contributed by atoms with E-state index in [1.54, 1.807) is 6.07 Å². The average molecular weight is 282 g/mol. The van der Waals surface area contributed by atoms with E-state index in [2.05, 4.69) is 0 Å². The molecule has 0 radical (unpaired) electrons. The minimum absolute atomic E-state index is 0.00260. The number of non-ortho nitro benzene ring substituents is 1. The maximum Gasteiger partial charge on any atom is 0.275 e. The van der Waals surface area contributed by atoms with Crippen molar-refractivity contribution in [1.29, 1.82) is 0 Å². The third-order valence-corrected chi connectivity index (χ3v) is 2.86. The van der Waals surface area contributed by atoms with Crippen molar-refractivity contribution < 1.29 is 14.8 Å². The number of anilines is 1. The molecule has 1 aromatic carbocycles. The standard InChI is InChI=1S/C14H22N2O4/c1-4-7-20-14-9-12(8-13(10-14)16(18)19)15(5-6-17)11(2)3/h8-11,17H,4-7H2,1-3H3. The van der Waals surface area contributed by atoms with E-state index in [-0.39, 0.29) is 18.3 Å². The van der Waals surface area contributed by atoms with Gasteiger partial charge in [0, 0.05) is 30.4 Å². The number of rotatable bonds is 8. The predicted octanol–water partition coefficient (Wildman–Crippen LogP) is 2.59. The van der Waals surface area contributed by atoms with Crippen LogP contribution >= 0.6 is 0 Å². The van der Waals surface area contributed by atoms with Crippen LogP contribution in [0, 0.1) is 10.1 Å². The quantitative estimate of drug-likeness (QED) is 0.586. The molecule has 0 heterocycles. The fraction of sp³-hybridized carbons (Fsp3) is 0.571. The Bertz CT molecular complexity index is 449. The fourth-order valence-electron chi connectivity index (χ4n) is 1.94. The molecule has 0 atom stereocenters. The van der Waals surface area contributed by atoms with Gasteiger partial charge in [0.15, 0.2) is 0 Å². The molecule has 1 aromatic rings. The van der Waals surface area contributed by atoms with Crippen LogP contribution in [0.15, 0.2) is 18.2 Å². The Morgan fingerprint density at radius 3 is 2.60 bits per heavy atom. The molecule has 0 spiro atoms. The Labute approximate surface area is 119 Å². The zero-order chi connectivity index (χ0) is 15.1. The van der Waals surface area contributed by atoms with Crippen molar-refractivity contribution in [3.8, 4) is 5.75 Å². The van der Waals surface area contributed by atoms with Crippen LogP contribution in [0.4, 0.5) is 11.4 Å². The van der Waals surface area contributed by atoms with Crippen molar-refractivity contribution in [2.75, 3.05) is 24.7 Å². The molecule has 6 heteroatoms. The second-order valence-corrected chi connectivity index (χ2v) is 4.80. The lowest BCUT2D eigenvalue weighted by Crippen LogP contribution is -2.33. The van der Waals surface area contributed by atoms with Gasteiger partial charge in [0.1, 0.15) is 5.75 Å². The van der Waals surface area contributed by atoms with Crippen LogP contribution in [0.5, 0.6) is 5.75 Å². The van der Waals surface area contributed by atoms with Gasteiger partial charge in [-0.05, 0) is 20.3 Å². The largest absolute Gasteiger partial charge is 0.493 e. The van der Waals surface area contributed by atoms with Crippen LogP contribution in [0.25, 0.3) is 0 Å². The van der Waals surface area contributed by atoms with Crippen molar-refractivity contribution in [2.24, 2.45) is 0 Å². The summed E-state index contributed by atoms with van der Waals surface area (Å²) in [5.74, 6) is 0.486. The highest BCUT2D eigenvalue weighted by Crippen LogP contribution is 2.29. The molecular weight excluding hydrogens is 260 g/mol. The van der Waals surface area contributed by atoms with Crippen molar-refractivity contribution in [3.63, 3.8) is 0 Å². The number of hydrogen-bond acceptors (Lipinski definition) is 5. The van der Waals surface area contributed by atoms with Crippen LogP contribution in [0.1, 0.15) is 27.2 Å². The third kappa shape index (κ3) is 4.38. The van der Waals surface area contributed by atoms with E-state index in [0.29, 0.717) is 24.6 Å². The molecule has 0 bridgehead atoms. The summed E-state index contributed by atoms with van der Waals surface area (Å²) in [4.78, 5) is 12.5. The molecule has 20 heavy (non-hydrogen) atoms. The van der Waals surface area contributed by atoms with Crippen molar-refractivity contribution in [1.82, 2.24) is 0 Å². The Kier molecular flexibility index (Phi) is 6.24. The third-order valence-electron chi connectivity index (χ3n) is 2.86. The van der Waals surface area contributed by atoms with Gasteiger partial charge in [-0.15, -0.1) is 0 Å². The summed E-state index contributed by atoms with van der Waals surface area (Å²) < 4.78 is 5.50.